The third-order valence-electron chi connectivity index (χ3n) is 0.927. The van der Waals surface area contributed by atoms with Gasteiger partial charge in [-0.1, -0.05) is 18.7 Å². The Kier molecular flexibility index (Phi) is 4.18. The van der Waals surface area contributed by atoms with Crippen LogP contribution in [0.15, 0.2) is 36.6 Å². The molecule has 0 amide bonds. The van der Waals surface area contributed by atoms with Crippen LogP contribution in [0.1, 0.15) is 6.42 Å². The highest BCUT2D eigenvalue weighted by Crippen LogP contribution is 2.19. The summed E-state index contributed by atoms with van der Waals surface area (Å²) in [6.07, 6.45) is -0.947. The van der Waals surface area contributed by atoms with Gasteiger partial charge in [0.2, 0.25) is 0 Å². The molecule has 0 aromatic heterocycles. The molecule has 0 rings (SSSR count). The standard InChI is InChI=1S/C8H9F3O/c1-2-4-7(12)5-3-6-8(9,10)11/h2-5,12H,1,6H2/b5-3-,7-4+. The lowest BCUT2D eigenvalue weighted by Crippen LogP contribution is -2.04. The second-order valence-corrected chi connectivity index (χ2v) is 2.05. The minimum Gasteiger partial charge on any atom is -0.508 e. The fraction of sp³-hybridized carbons (Fsp3) is 0.250. The Morgan fingerprint density at radius 2 is 2.00 bits per heavy atom. The third-order valence-corrected chi connectivity index (χ3v) is 0.927. The van der Waals surface area contributed by atoms with Crippen LogP contribution in [-0.2, 0) is 0 Å². The van der Waals surface area contributed by atoms with E-state index in [0.29, 0.717) is 0 Å². The highest BCUT2D eigenvalue weighted by atomic mass is 19.4. The van der Waals surface area contributed by atoms with E-state index in [2.05, 4.69) is 6.58 Å². The number of alkyl halides is 3. The zero-order valence-corrected chi connectivity index (χ0v) is 6.30. The molecule has 1 N–H and O–H groups in total. The Morgan fingerprint density at radius 3 is 2.42 bits per heavy atom. The summed E-state index contributed by atoms with van der Waals surface area (Å²) in [4.78, 5) is 0. The van der Waals surface area contributed by atoms with Gasteiger partial charge < -0.3 is 5.11 Å². The summed E-state index contributed by atoms with van der Waals surface area (Å²) in [7, 11) is 0. The SMILES string of the molecule is C=C/C=C(O)\C=C/CC(F)(F)F. The summed E-state index contributed by atoms with van der Waals surface area (Å²) in [6.45, 7) is 3.26. The summed E-state index contributed by atoms with van der Waals surface area (Å²) in [5, 5.41) is 8.78. The lowest BCUT2D eigenvalue weighted by atomic mass is 10.3. The molecule has 0 bridgehead atoms. The summed E-state index contributed by atoms with van der Waals surface area (Å²) in [6, 6.07) is 0. The second kappa shape index (κ2) is 4.64. The molecule has 0 aliphatic carbocycles. The van der Waals surface area contributed by atoms with Gasteiger partial charge in [-0.15, -0.1) is 0 Å². The average Bonchev–Trinajstić information content (AvgIpc) is 1.84. The van der Waals surface area contributed by atoms with Crippen molar-refractivity contribution in [3.63, 3.8) is 0 Å². The average molecular weight is 178 g/mol. The number of aliphatic hydroxyl groups excluding tert-OH is 1. The normalized spacial score (nSPS) is 13.8. The van der Waals surface area contributed by atoms with Gasteiger partial charge in [-0.3, -0.25) is 0 Å². The number of aliphatic hydroxyl groups is 1. The van der Waals surface area contributed by atoms with Crippen LogP contribution in [0.3, 0.4) is 0 Å². The molecule has 4 heteroatoms. The monoisotopic (exact) mass is 178 g/mol. The molecule has 0 saturated carbocycles. The molecule has 0 unspecified atom stereocenters. The van der Waals surface area contributed by atoms with Crippen LogP contribution < -0.4 is 0 Å². The quantitative estimate of drug-likeness (QED) is 0.520. The lowest BCUT2D eigenvalue weighted by molar-refractivity contribution is -0.125. The van der Waals surface area contributed by atoms with E-state index in [1.54, 1.807) is 0 Å². The highest BCUT2D eigenvalue weighted by Gasteiger charge is 2.24. The van der Waals surface area contributed by atoms with Crippen LogP contribution in [0.4, 0.5) is 13.2 Å². The molecule has 0 heterocycles. The summed E-state index contributed by atoms with van der Waals surface area (Å²) in [5.41, 5.74) is 0. The lowest BCUT2D eigenvalue weighted by Gasteiger charge is -1.99. The maximum absolute atomic E-state index is 11.5. The van der Waals surface area contributed by atoms with Gasteiger partial charge in [0, 0.05) is 0 Å². The molecule has 68 valence electrons. The number of hydrogen-bond donors (Lipinski definition) is 1. The molecule has 0 aromatic rings. The second-order valence-electron chi connectivity index (χ2n) is 2.05. The summed E-state index contributed by atoms with van der Waals surface area (Å²) in [5.74, 6) is -0.241. The van der Waals surface area contributed by atoms with Gasteiger partial charge >= 0.3 is 6.18 Å². The minimum absolute atomic E-state index is 0.241. The molecule has 0 spiro atoms. The third kappa shape index (κ3) is 6.92. The van der Waals surface area contributed by atoms with Crippen LogP contribution >= 0.6 is 0 Å². The van der Waals surface area contributed by atoms with Crippen molar-refractivity contribution in [1.82, 2.24) is 0 Å². The van der Waals surface area contributed by atoms with Gasteiger partial charge in [-0.2, -0.15) is 13.2 Å². The van der Waals surface area contributed by atoms with Gasteiger partial charge in [0.25, 0.3) is 0 Å². The predicted molar refractivity (Wildman–Crippen MR) is 40.7 cm³/mol. The van der Waals surface area contributed by atoms with Gasteiger partial charge in [0.1, 0.15) is 5.76 Å². The van der Waals surface area contributed by atoms with Crippen LogP contribution in [-0.4, -0.2) is 11.3 Å². The largest absolute Gasteiger partial charge is 0.508 e. The molecule has 0 aliphatic rings. The first-order chi connectivity index (χ1) is 5.45. The fourth-order valence-electron chi connectivity index (χ4n) is 0.490. The minimum atomic E-state index is -4.22. The Labute approximate surface area is 68.5 Å². The molecular weight excluding hydrogens is 169 g/mol. The first kappa shape index (κ1) is 10.8. The Hall–Kier alpha value is -1.19. The van der Waals surface area contributed by atoms with Crippen molar-refractivity contribution in [2.75, 3.05) is 0 Å². The smallest absolute Gasteiger partial charge is 0.392 e. The van der Waals surface area contributed by atoms with Gasteiger partial charge in [0.05, 0.1) is 6.42 Å². The maximum Gasteiger partial charge on any atom is 0.392 e. The van der Waals surface area contributed by atoms with Crippen molar-refractivity contribution in [3.8, 4) is 0 Å². The van der Waals surface area contributed by atoms with E-state index in [-0.39, 0.29) is 5.76 Å². The number of hydrogen-bond acceptors (Lipinski definition) is 1. The molecule has 1 nitrogen and oxygen atoms in total. The number of halogens is 3. The molecule has 0 aliphatic heterocycles. The molecule has 12 heavy (non-hydrogen) atoms. The van der Waals surface area contributed by atoms with Crippen LogP contribution in [0.2, 0.25) is 0 Å². The first-order valence-corrected chi connectivity index (χ1v) is 3.20. The van der Waals surface area contributed by atoms with Crippen molar-refractivity contribution in [3.05, 3.63) is 36.6 Å². The fourth-order valence-corrected chi connectivity index (χ4v) is 0.490. The van der Waals surface area contributed by atoms with Crippen molar-refractivity contribution in [2.45, 2.75) is 12.6 Å². The van der Waals surface area contributed by atoms with E-state index in [1.807, 2.05) is 0 Å². The van der Waals surface area contributed by atoms with E-state index >= 15 is 0 Å². The van der Waals surface area contributed by atoms with Crippen LogP contribution in [0.25, 0.3) is 0 Å². The summed E-state index contributed by atoms with van der Waals surface area (Å²) >= 11 is 0. The molecule has 0 fully saturated rings. The van der Waals surface area contributed by atoms with Crippen LogP contribution in [0, 0.1) is 0 Å². The van der Waals surface area contributed by atoms with E-state index in [0.717, 1.165) is 12.2 Å². The molecule has 0 radical (unpaired) electrons. The topological polar surface area (TPSA) is 20.2 Å². The number of rotatable bonds is 3. The van der Waals surface area contributed by atoms with Crippen molar-refractivity contribution in [1.29, 1.82) is 0 Å². The highest BCUT2D eigenvalue weighted by molar-refractivity contribution is 5.15. The molecule has 0 saturated heterocycles. The Bertz CT molecular complexity index is 201. The van der Waals surface area contributed by atoms with E-state index in [9.17, 15) is 13.2 Å². The Balaban J connectivity index is 3.93. The maximum atomic E-state index is 11.5. The zero-order chi connectivity index (χ0) is 9.61. The van der Waals surface area contributed by atoms with Gasteiger partial charge in [0.15, 0.2) is 0 Å². The van der Waals surface area contributed by atoms with Gasteiger partial charge in [-0.25, -0.2) is 0 Å². The molecule has 0 aromatic carbocycles. The van der Waals surface area contributed by atoms with Crippen molar-refractivity contribution >= 4 is 0 Å². The van der Waals surface area contributed by atoms with E-state index in [1.165, 1.54) is 12.2 Å². The zero-order valence-electron chi connectivity index (χ0n) is 6.30. The first-order valence-electron chi connectivity index (χ1n) is 3.20. The number of allylic oxidation sites excluding steroid dienone is 4. The molecule has 0 atom stereocenters. The van der Waals surface area contributed by atoms with E-state index in [4.69, 9.17) is 5.11 Å². The van der Waals surface area contributed by atoms with Crippen molar-refractivity contribution < 1.29 is 18.3 Å². The Morgan fingerprint density at radius 1 is 1.42 bits per heavy atom. The van der Waals surface area contributed by atoms with Gasteiger partial charge in [-0.05, 0) is 12.2 Å². The van der Waals surface area contributed by atoms with E-state index < -0.39 is 12.6 Å². The predicted octanol–water partition coefficient (Wildman–Crippen LogP) is 3.12. The molecular formula is C8H9F3O. The summed E-state index contributed by atoms with van der Waals surface area (Å²) < 4.78 is 34.6. The van der Waals surface area contributed by atoms with Crippen molar-refractivity contribution in [2.24, 2.45) is 0 Å². The van der Waals surface area contributed by atoms with Crippen LogP contribution in [0.5, 0.6) is 0 Å².